The fraction of sp³-hybridized carbons (Fsp3) is 0.250. The van der Waals surface area contributed by atoms with Gasteiger partial charge in [0.1, 0.15) is 5.75 Å². The summed E-state index contributed by atoms with van der Waals surface area (Å²) in [6.07, 6.45) is 0.948. The van der Waals surface area contributed by atoms with Crippen LogP contribution in [0.3, 0.4) is 0 Å². The lowest BCUT2D eigenvalue weighted by Gasteiger charge is -2.11. The Hall–Kier alpha value is -1.07. The van der Waals surface area contributed by atoms with Crippen molar-refractivity contribution in [3.63, 3.8) is 0 Å². The standard InChI is InChI=1S/C16H17IO2/c1-19-16-4-2-3-13(11-16)10-15(18)9-12-5-7-14(17)8-6-12/h2-8,11,15,18H,9-10H2,1H3. The van der Waals surface area contributed by atoms with E-state index in [1.807, 2.05) is 24.3 Å². The van der Waals surface area contributed by atoms with Gasteiger partial charge in [-0.3, -0.25) is 0 Å². The first kappa shape index (κ1) is 14.3. The molecule has 0 aromatic heterocycles. The van der Waals surface area contributed by atoms with Crippen molar-refractivity contribution in [1.82, 2.24) is 0 Å². The average Bonchev–Trinajstić information content (AvgIpc) is 2.41. The Balaban J connectivity index is 1.96. The minimum absolute atomic E-state index is 0.368. The van der Waals surface area contributed by atoms with Crippen molar-refractivity contribution in [2.75, 3.05) is 7.11 Å². The summed E-state index contributed by atoms with van der Waals surface area (Å²) >= 11 is 2.28. The molecule has 0 spiro atoms. The summed E-state index contributed by atoms with van der Waals surface area (Å²) in [5.41, 5.74) is 2.26. The van der Waals surface area contributed by atoms with Crippen molar-refractivity contribution in [1.29, 1.82) is 0 Å². The lowest BCUT2D eigenvalue weighted by Crippen LogP contribution is -2.13. The monoisotopic (exact) mass is 368 g/mol. The van der Waals surface area contributed by atoms with Crippen LogP contribution < -0.4 is 4.74 Å². The van der Waals surface area contributed by atoms with Crippen LogP contribution in [0.4, 0.5) is 0 Å². The fourth-order valence-electron chi connectivity index (χ4n) is 2.04. The molecule has 100 valence electrons. The molecule has 0 saturated carbocycles. The van der Waals surface area contributed by atoms with E-state index in [1.54, 1.807) is 7.11 Å². The molecule has 0 fully saturated rings. The lowest BCUT2D eigenvalue weighted by atomic mass is 10.0. The number of ether oxygens (including phenoxy) is 1. The minimum atomic E-state index is -0.368. The zero-order valence-electron chi connectivity index (χ0n) is 10.8. The number of aliphatic hydroxyl groups is 1. The molecule has 0 amide bonds. The molecule has 19 heavy (non-hydrogen) atoms. The zero-order chi connectivity index (χ0) is 13.7. The third-order valence-corrected chi connectivity index (χ3v) is 3.71. The third kappa shape index (κ3) is 4.51. The van der Waals surface area contributed by atoms with Gasteiger partial charge in [-0.05, 0) is 70.8 Å². The van der Waals surface area contributed by atoms with Crippen molar-refractivity contribution < 1.29 is 9.84 Å². The largest absolute Gasteiger partial charge is 0.497 e. The van der Waals surface area contributed by atoms with E-state index < -0.39 is 0 Å². The van der Waals surface area contributed by atoms with Crippen molar-refractivity contribution >= 4 is 22.6 Å². The van der Waals surface area contributed by atoms with E-state index in [1.165, 1.54) is 3.57 Å². The third-order valence-electron chi connectivity index (χ3n) is 2.99. The number of hydrogen-bond acceptors (Lipinski definition) is 2. The second kappa shape index (κ2) is 6.91. The maximum Gasteiger partial charge on any atom is 0.119 e. The van der Waals surface area contributed by atoms with Gasteiger partial charge in [0.25, 0.3) is 0 Å². The van der Waals surface area contributed by atoms with Crippen LogP contribution in [0, 0.1) is 3.57 Å². The van der Waals surface area contributed by atoms with Gasteiger partial charge in [0.15, 0.2) is 0 Å². The summed E-state index contributed by atoms with van der Waals surface area (Å²) in [6.45, 7) is 0. The molecule has 1 atom stereocenters. The van der Waals surface area contributed by atoms with E-state index in [0.29, 0.717) is 12.8 Å². The van der Waals surface area contributed by atoms with Gasteiger partial charge in [0.2, 0.25) is 0 Å². The quantitative estimate of drug-likeness (QED) is 0.820. The first-order chi connectivity index (χ1) is 9.17. The molecule has 0 aliphatic carbocycles. The molecule has 0 bridgehead atoms. The van der Waals surface area contributed by atoms with Crippen LogP contribution in [0.1, 0.15) is 11.1 Å². The van der Waals surface area contributed by atoms with Gasteiger partial charge in [0.05, 0.1) is 13.2 Å². The molecule has 2 aromatic carbocycles. The minimum Gasteiger partial charge on any atom is -0.497 e. The van der Waals surface area contributed by atoms with E-state index in [4.69, 9.17) is 4.74 Å². The van der Waals surface area contributed by atoms with E-state index >= 15 is 0 Å². The zero-order valence-corrected chi connectivity index (χ0v) is 13.0. The molecule has 2 aromatic rings. The fourth-order valence-corrected chi connectivity index (χ4v) is 2.40. The van der Waals surface area contributed by atoms with Crippen molar-refractivity contribution in [2.24, 2.45) is 0 Å². The van der Waals surface area contributed by atoms with Crippen LogP contribution >= 0.6 is 22.6 Å². The lowest BCUT2D eigenvalue weighted by molar-refractivity contribution is 0.175. The van der Waals surface area contributed by atoms with Crippen LogP contribution in [0.5, 0.6) is 5.75 Å². The Morgan fingerprint density at radius 1 is 1.05 bits per heavy atom. The molecule has 0 aliphatic heterocycles. The summed E-state index contributed by atoms with van der Waals surface area (Å²) in [6, 6.07) is 16.1. The maximum atomic E-state index is 10.1. The number of benzene rings is 2. The van der Waals surface area contributed by atoms with Crippen LogP contribution in [0.25, 0.3) is 0 Å². The van der Waals surface area contributed by atoms with Gasteiger partial charge in [-0.2, -0.15) is 0 Å². The van der Waals surface area contributed by atoms with E-state index in [0.717, 1.165) is 16.9 Å². The summed E-state index contributed by atoms with van der Waals surface area (Å²) in [5, 5.41) is 10.1. The van der Waals surface area contributed by atoms with Gasteiger partial charge in [0, 0.05) is 3.57 Å². The molecule has 2 rings (SSSR count). The highest BCUT2D eigenvalue weighted by Crippen LogP contribution is 2.16. The molecule has 0 radical (unpaired) electrons. The molecule has 2 nitrogen and oxygen atoms in total. The van der Waals surface area contributed by atoms with E-state index in [9.17, 15) is 5.11 Å². The van der Waals surface area contributed by atoms with Gasteiger partial charge in [-0.15, -0.1) is 0 Å². The van der Waals surface area contributed by atoms with Crippen molar-refractivity contribution in [2.45, 2.75) is 18.9 Å². The van der Waals surface area contributed by atoms with Gasteiger partial charge in [-0.1, -0.05) is 24.3 Å². The molecule has 3 heteroatoms. The number of halogens is 1. The summed E-state index contributed by atoms with van der Waals surface area (Å²) < 4.78 is 6.40. The number of hydrogen-bond donors (Lipinski definition) is 1. The number of methoxy groups -OCH3 is 1. The topological polar surface area (TPSA) is 29.5 Å². The average molecular weight is 368 g/mol. The van der Waals surface area contributed by atoms with Gasteiger partial charge < -0.3 is 9.84 Å². The molecule has 1 N–H and O–H groups in total. The summed E-state index contributed by atoms with van der Waals surface area (Å²) in [5.74, 6) is 0.832. The first-order valence-electron chi connectivity index (χ1n) is 6.23. The summed E-state index contributed by atoms with van der Waals surface area (Å²) in [7, 11) is 1.65. The molecule has 0 saturated heterocycles. The molecule has 0 heterocycles. The van der Waals surface area contributed by atoms with E-state index in [2.05, 4.69) is 46.9 Å². The Bertz CT molecular complexity index is 523. The second-order valence-electron chi connectivity index (χ2n) is 4.54. The smallest absolute Gasteiger partial charge is 0.119 e. The first-order valence-corrected chi connectivity index (χ1v) is 7.30. The summed E-state index contributed by atoms with van der Waals surface area (Å²) in [4.78, 5) is 0. The highest BCUT2D eigenvalue weighted by molar-refractivity contribution is 14.1. The van der Waals surface area contributed by atoms with Crippen LogP contribution in [0.15, 0.2) is 48.5 Å². The highest BCUT2D eigenvalue weighted by atomic mass is 127. The van der Waals surface area contributed by atoms with Crippen LogP contribution in [0.2, 0.25) is 0 Å². The van der Waals surface area contributed by atoms with Gasteiger partial charge >= 0.3 is 0 Å². The Kier molecular flexibility index (Phi) is 5.22. The predicted molar refractivity (Wildman–Crippen MR) is 85.6 cm³/mol. The Labute approximate surface area is 127 Å². The highest BCUT2D eigenvalue weighted by Gasteiger charge is 2.07. The molecular weight excluding hydrogens is 351 g/mol. The SMILES string of the molecule is COc1cccc(CC(O)Cc2ccc(I)cc2)c1. The normalized spacial score (nSPS) is 12.2. The predicted octanol–water partition coefficient (Wildman–Crippen LogP) is 3.45. The molecular formula is C16H17IO2. The Morgan fingerprint density at radius 3 is 2.42 bits per heavy atom. The van der Waals surface area contributed by atoms with E-state index in [-0.39, 0.29) is 6.10 Å². The van der Waals surface area contributed by atoms with Crippen LogP contribution in [-0.4, -0.2) is 18.3 Å². The number of aliphatic hydroxyl groups excluding tert-OH is 1. The molecule has 0 aliphatic rings. The van der Waals surface area contributed by atoms with Gasteiger partial charge in [-0.25, -0.2) is 0 Å². The van der Waals surface area contributed by atoms with Crippen LogP contribution in [-0.2, 0) is 12.8 Å². The maximum absolute atomic E-state index is 10.1. The van der Waals surface area contributed by atoms with Crippen molar-refractivity contribution in [3.8, 4) is 5.75 Å². The second-order valence-corrected chi connectivity index (χ2v) is 5.79. The Morgan fingerprint density at radius 2 is 1.74 bits per heavy atom. The van der Waals surface area contributed by atoms with Crippen molar-refractivity contribution in [3.05, 3.63) is 63.2 Å². The number of rotatable bonds is 5. The molecule has 1 unspecified atom stereocenters.